The number of hydrogen-bond donors (Lipinski definition) is 1. The van der Waals surface area contributed by atoms with Crippen LogP contribution in [0.2, 0.25) is 0 Å². The fourth-order valence-corrected chi connectivity index (χ4v) is 5.99. The van der Waals surface area contributed by atoms with Crippen LogP contribution in [0.15, 0.2) is 53.4 Å². The van der Waals surface area contributed by atoms with Gasteiger partial charge in [0.05, 0.1) is 12.0 Å². The molecule has 0 bridgehead atoms. The van der Waals surface area contributed by atoms with Gasteiger partial charge in [-0.25, -0.2) is 13.2 Å². The number of methoxy groups -OCH3 is 1. The Labute approximate surface area is 182 Å². The van der Waals surface area contributed by atoms with Crippen LogP contribution >= 0.6 is 0 Å². The van der Waals surface area contributed by atoms with Crippen molar-refractivity contribution in [1.29, 1.82) is 0 Å². The first-order valence-corrected chi connectivity index (χ1v) is 11.4. The number of aldehydes is 1. The van der Waals surface area contributed by atoms with Gasteiger partial charge in [-0.15, -0.1) is 0 Å². The first-order valence-electron chi connectivity index (χ1n) is 9.86. The molecule has 0 unspecified atom stereocenters. The molecule has 166 valence electrons. The lowest BCUT2D eigenvalue weighted by Gasteiger charge is -2.22. The minimum absolute atomic E-state index is 0.0938. The Balaban J connectivity index is 2.04. The maximum atomic E-state index is 13.5. The van der Waals surface area contributed by atoms with Crippen molar-refractivity contribution < 1.29 is 27.5 Å². The van der Waals surface area contributed by atoms with Crippen LogP contribution in [0.3, 0.4) is 0 Å². The summed E-state index contributed by atoms with van der Waals surface area (Å²) >= 11 is 0. The number of aryl methyl sites for hydroxylation is 1. The second kappa shape index (κ2) is 8.00. The van der Waals surface area contributed by atoms with Gasteiger partial charge in [0.1, 0.15) is 28.4 Å². The molecular formula is C23H27NO6S. The molecule has 0 heterocycles. The minimum atomic E-state index is -3.94. The number of alkyl carbamates (subject to hydrolysis) is 1. The zero-order chi connectivity index (χ0) is 23.0. The van der Waals surface area contributed by atoms with Gasteiger partial charge in [-0.05, 0) is 57.5 Å². The molecule has 7 nitrogen and oxygen atoms in total. The Kier molecular flexibility index (Phi) is 5.88. The van der Waals surface area contributed by atoms with Crippen molar-refractivity contribution in [3.63, 3.8) is 0 Å². The third-order valence-corrected chi connectivity index (χ3v) is 7.51. The molecule has 3 atom stereocenters. The van der Waals surface area contributed by atoms with Crippen LogP contribution in [0, 0.1) is 6.92 Å². The van der Waals surface area contributed by atoms with Gasteiger partial charge >= 0.3 is 6.09 Å². The van der Waals surface area contributed by atoms with E-state index in [1.165, 1.54) is 19.2 Å². The van der Waals surface area contributed by atoms with E-state index in [9.17, 15) is 18.0 Å². The van der Waals surface area contributed by atoms with Crippen LogP contribution in [0.1, 0.15) is 37.8 Å². The van der Waals surface area contributed by atoms with Gasteiger partial charge in [-0.1, -0.05) is 29.8 Å². The van der Waals surface area contributed by atoms with Crippen molar-refractivity contribution in [2.24, 2.45) is 0 Å². The molecule has 8 heteroatoms. The topological polar surface area (TPSA) is 98.8 Å². The summed E-state index contributed by atoms with van der Waals surface area (Å²) in [6.07, 6.45) is -0.345. The molecule has 0 aliphatic heterocycles. The minimum Gasteiger partial charge on any atom is -0.497 e. The zero-order valence-electron chi connectivity index (χ0n) is 18.2. The van der Waals surface area contributed by atoms with Crippen molar-refractivity contribution >= 4 is 22.2 Å². The highest BCUT2D eigenvalue weighted by Gasteiger charge is 2.73. The van der Waals surface area contributed by atoms with Crippen molar-refractivity contribution in [2.45, 2.75) is 54.9 Å². The second-order valence-corrected chi connectivity index (χ2v) is 10.8. The highest BCUT2D eigenvalue weighted by molar-refractivity contribution is 7.92. The quantitative estimate of drug-likeness (QED) is 0.684. The number of nitrogens with one attached hydrogen (secondary N) is 1. The SMILES string of the molecule is COc1ccc([C@H]2[C@@H](S(=O)(=O)c3ccc(C)cc3)[C@@]2(C=O)NC(=O)OC(C)(C)C)cc1. The van der Waals surface area contributed by atoms with E-state index in [1.54, 1.807) is 57.2 Å². The van der Waals surface area contributed by atoms with Crippen molar-refractivity contribution in [3.05, 3.63) is 59.7 Å². The molecule has 1 fully saturated rings. The number of ether oxygens (including phenoxy) is 2. The molecule has 0 spiro atoms. The molecule has 1 N–H and O–H groups in total. The van der Waals surface area contributed by atoms with E-state index in [0.29, 0.717) is 17.6 Å². The van der Waals surface area contributed by atoms with Gasteiger partial charge in [0.25, 0.3) is 0 Å². The smallest absolute Gasteiger partial charge is 0.408 e. The van der Waals surface area contributed by atoms with Gasteiger partial charge < -0.3 is 19.6 Å². The third-order valence-electron chi connectivity index (χ3n) is 5.25. The van der Waals surface area contributed by atoms with Gasteiger partial charge in [0, 0.05) is 5.92 Å². The molecule has 31 heavy (non-hydrogen) atoms. The standard InChI is InChI=1S/C23H27NO6S/c1-15-6-12-18(13-7-15)31(27,28)20-19(16-8-10-17(29-5)11-9-16)23(20,14-25)24-21(26)30-22(2,3)4/h6-14,19-20H,1-5H3,(H,24,26)/t19-,20+,23-/m0/s1. The lowest BCUT2D eigenvalue weighted by Crippen LogP contribution is -2.45. The molecule has 1 aliphatic rings. The normalized spacial score (nSPS) is 23.0. The van der Waals surface area contributed by atoms with Gasteiger partial charge in [0.15, 0.2) is 9.84 Å². The predicted octanol–water partition coefficient (Wildman–Crippen LogP) is 3.41. The number of carbonyl (C=O) groups excluding carboxylic acids is 2. The number of rotatable bonds is 6. The number of benzene rings is 2. The van der Waals surface area contributed by atoms with Gasteiger partial charge in [-0.2, -0.15) is 0 Å². The third kappa shape index (κ3) is 4.44. The molecule has 1 amide bonds. The summed E-state index contributed by atoms with van der Waals surface area (Å²) in [4.78, 5) is 24.9. The molecule has 2 aromatic rings. The van der Waals surface area contributed by atoms with Crippen molar-refractivity contribution in [2.75, 3.05) is 7.11 Å². The Morgan fingerprint density at radius 2 is 1.65 bits per heavy atom. The molecular weight excluding hydrogens is 418 g/mol. The maximum Gasteiger partial charge on any atom is 0.408 e. The Bertz CT molecular complexity index is 1070. The summed E-state index contributed by atoms with van der Waals surface area (Å²) in [6, 6.07) is 13.2. The number of carbonyl (C=O) groups is 2. The van der Waals surface area contributed by atoms with E-state index in [4.69, 9.17) is 9.47 Å². The largest absolute Gasteiger partial charge is 0.497 e. The zero-order valence-corrected chi connectivity index (χ0v) is 19.0. The van der Waals surface area contributed by atoms with Crippen LogP contribution < -0.4 is 10.1 Å². The van der Waals surface area contributed by atoms with E-state index in [-0.39, 0.29) is 4.90 Å². The summed E-state index contributed by atoms with van der Waals surface area (Å²) in [7, 11) is -2.41. The lowest BCUT2D eigenvalue weighted by atomic mass is 10.1. The summed E-state index contributed by atoms with van der Waals surface area (Å²) in [6.45, 7) is 6.92. The van der Waals surface area contributed by atoms with Crippen LogP contribution in [0.4, 0.5) is 4.79 Å². The maximum absolute atomic E-state index is 13.5. The first-order chi connectivity index (χ1) is 14.4. The molecule has 2 aromatic carbocycles. The average molecular weight is 446 g/mol. The van der Waals surface area contributed by atoms with Crippen LogP contribution in [-0.4, -0.2) is 44.3 Å². The highest BCUT2D eigenvalue weighted by atomic mass is 32.2. The predicted molar refractivity (Wildman–Crippen MR) is 116 cm³/mol. The fourth-order valence-electron chi connectivity index (χ4n) is 3.75. The number of sulfone groups is 1. The summed E-state index contributed by atoms with van der Waals surface area (Å²) in [5, 5.41) is 1.38. The number of amides is 1. The van der Waals surface area contributed by atoms with Gasteiger partial charge in [-0.3, -0.25) is 0 Å². The van der Waals surface area contributed by atoms with Gasteiger partial charge in [0.2, 0.25) is 0 Å². The Hall–Kier alpha value is -2.87. The molecule has 3 rings (SSSR count). The monoisotopic (exact) mass is 445 g/mol. The molecule has 1 saturated carbocycles. The van der Waals surface area contributed by atoms with E-state index >= 15 is 0 Å². The van der Waals surface area contributed by atoms with Crippen molar-refractivity contribution in [3.8, 4) is 5.75 Å². The van der Waals surface area contributed by atoms with Crippen LogP contribution in [-0.2, 0) is 19.4 Å². The fraction of sp³-hybridized carbons (Fsp3) is 0.391. The van der Waals surface area contributed by atoms with Crippen LogP contribution in [0.5, 0.6) is 5.75 Å². The Morgan fingerprint density at radius 1 is 1.06 bits per heavy atom. The molecule has 0 radical (unpaired) electrons. The average Bonchev–Trinajstić information content (AvgIpc) is 3.36. The van der Waals surface area contributed by atoms with E-state index < -0.39 is 38.2 Å². The summed E-state index contributed by atoms with van der Waals surface area (Å²) < 4.78 is 37.4. The first kappa shape index (κ1) is 22.8. The second-order valence-electron chi connectivity index (χ2n) is 8.71. The molecule has 1 aliphatic carbocycles. The Morgan fingerprint density at radius 3 is 2.13 bits per heavy atom. The van der Waals surface area contributed by atoms with E-state index in [1.807, 2.05) is 6.92 Å². The lowest BCUT2D eigenvalue weighted by molar-refractivity contribution is -0.110. The summed E-state index contributed by atoms with van der Waals surface area (Å²) in [5.41, 5.74) is -0.926. The van der Waals surface area contributed by atoms with E-state index in [0.717, 1.165) is 5.56 Å². The molecule has 0 saturated heterocycles. The van der Waals surface area contributed by atoms with Crippen LogP contribution in [0.25, 0.3) is 0 Å². The van der Waals surface area contributed by atoms with E-state index in [2.05, 4.69) is 5.32 Å². The number of hydrogen-bond acceptors (Lipinski definition) is 6. The molecule has 0 aromatic heterocycles. The van der Waals surface area contributed by atoms with Crippen molar-refractivity contribution in [1.82, 2.24) is 5.32 Å². The highest BCUT2D eigenvalue weighted by Crippen LogP contribution is 2.56. The summed E-state index contributed by atoms with van der Waals surface area (Å²) in [5.74, 6) is -0.172.